The fraction of sp³-hybridized carbons (Fsp3) is 0.438. The molecule has 32 heavy (non-hydrogen) atoms. The van der Waals surface area contributed by atoms with Crippen LogP contribution in [0.5, 0.6) is 0 Å². The molecule has 0 radical (unpaired) electrons. The summed E-state index contributed by atoms with van der Waals surface area (Å²) in [5.41, 5.74) is 11.4. The summed E-state index contributed by atoms with van der Waals surface area (Å²) in [5.74, 6) is 0. The third kappa shape index (κ3) is 6.83. The van der Waals surface area contributed by atoms with Crippen LogP contribution in [0, 0.1) is 13.8 Å². The molecule has 0 aliphatic heterocycles. The molecule has 0 heterocycles. The molecule has 0 aliphatic rings. The molecule has 0 amide bonds. The van der Waals surface area contributed by atoms with E-state index in [4.69, 9.17) is 0 Å². The molecule has 0 heteroatoms. The van der Waals surface area contributed by atoms with E-state index in [1.54, 1.807) is 0 Å². The van der Waals surface area contributed by atoms with Crippen molar-refractivity contribution >= 4 is 0 Å². The Bertz CT molecular complexity index is 898. The Morgan fingerprint density at radius 2 is 0.938 bits per heavy atom. The van der Waals surface area contributed by atoms with Crippen molar-refractivity contribution in [3.8, 4) is 22.3 Å². The van der Waals surface area contributed by atoms with Crippen molar-refractivity contribution in [1.82, 2.24) is 0 Å². The number of rotatable bonds is 12. The highest BCUT2D eigenvalue weighted by molar-refractivity contribution is 5.77. The van der Waals surface area contributed by atoms with Crippen molar-refractivity contribution < 1.29 is 0 Å². The van der Waals surface area contributed by atoms with Crippen molar-refractivity contribution in [3.63, 3.8) is 0 Å². The lowest BCUT2D eigenvalue weighted by atomic mass is 9.86. The fourth-order valence-electron chi connectivity index (χ4n) is 4.75. The molecular weight excluding hydrogens is 384 g/mol. The molecule has 0 spiro atoms. The average Bonchev–Trinajstić information content (AvgIpc) is 2.79. The lowest BCUT2D eigenvalue weighted by Crippen LogP contribution is -1.99. The zero-order chi connectivity index (χ0) is 22.8. The summed E-state index contributed by atoms with van der Waals surface area (Å²) < 4.78 is 0. The van der Waals surface area contributed by atoms with Gasteiger partial charge in [0.05, 0.1) is 0 Å². The SMILES string of the molecule is CCCCCCc1cc(-c2cccc(C)c2)c(CCCCCC)cc1-c1cccc(C)c1. The second-order valence-corrected chi connectivity index (χ2v) is 9.53. The first-order valence-corrected chi connectivity index (χ1v) is 12.9. The molecule has 0 fully saturated rings. The Kier molecular flexibility index (Phi) is 9.60. The average molecular weight is 427 g/mol. The standard InChI is InChI=1S/C32H42/c1-5-7-9-11-17-29-23-32(28-20-14-16-26(4)22-28)30(18-12-10-8-6-2)24-31(29)27-19-13-15-25(3)21-27/h13-16,19-24H,5-12,17-18H2,1-4H3. The van der Waals surface area contributed by atoms with Crippen LogP contribution < -0.4 is 0 Å². The predicted molar refractivity (Wildman–Crippen MR) is 142 cm³/mol. The topological polar surface area (TPSA) is 0 Å². The molecule has 0 saturated carbocycles. The first kappa shape index (κ1) is 24.3. The molecule has 3 aromatic carbocycles. The largest absolute Gasteiger partial charge is 0.0654 e. The van der Waals surface area contributed by atoms with Crippen molar-refractivity contribution in [1.29, 1.82) is 0 Å². The van der Waals surface area contributed by atoms with Crippen LogP contribution in [0.2, 0.25) is 0 Å². The van der Waals surface area contributed by atoms with E-state index in [-0.39, 0.29) is 0 Å². The van der Waals surface area contributed by atoms with E-state index in [9.17, 15) is 0 Å². The van der Waals surface area contributed by atoms with Gasteiger partial charge in [-0.2, -0.15) is 0 Å². The minimum Gasteiger partial charge on any atom is -0.0654 e. The van der Waals surface area contributed by atoms with E-state index in [0.717, 1.165) is 12.8 Å². The van der Waals surface area contributed by atoms with Gasteiger partial charge in [0.2, 0.25) is 0 Å². The van der Waals surface area contributed by atoms with Gasteiger partial charge in [0.25, 0.3) is 0 Å². The van der Waals surface area contributed by atoms with Crippen LogP contribution in [0.1, 0.15) is 87.5 Å². The van der Waals surface area contributed by atoms with Gasteiger partial charge in [0.1, 0.15) is 0 Å². The van der Waals surface area contributed by atoms with E-state index in [2.05, 4.69) is 88.4 Å². The van der Waals surface area contributed by atoms with E-state index in [1.165, 1.54) is 95.9 Å². The van der Waals surface area contributed by atoms with Crippen LogP contribution in [0.25, 0.3) is 22.3 Å². The minimum atomic E-state index is 1.16. The monoisotopic (exact) mass is 426 g/mol. The Morgan fingerprint density at radius 3 is 1.31 bits per heavy atom. The van der Waals surface area contributed by atoms with E-state index in [0.29, 0.717) is 0 Å². The molecule has 3 rings (SSSR count). The third-order valence-corrected chi connectivity index (χ3v) is 6.59. The molecule has 170 valence electrons. The molecule has 0 unspecified atom stereocenters. The molecule has 0 aromatic heterocycles. The highest BCUT2D eigenvalue weighted by Gasteiger charge is 2.14. The maximum absolute atomic E-state index is 2.54. The normalized spacial score (nSPS) is 11.1. The quantitative estimate of drug-likeness (QED) is 0.253. The number of unbranched alkanes of at least 4 members (excludes halogenated alkanes) is 6. The zero-order valence-electron chi connectivity index (χ0n) is 20.8. The number of hydrogen-bond acceptors (Lipinski definition) is 0. The van der Waals surface area contributed by atoms with Gasteiger partial charge in [-0.25, -0.2) is 0 Å². The number of aryl methyl sites for hydroxylation is 4. The van der Waals surface area contributed by atoms with Crippen LogP contribution in [-0.2, 0) is 12.8 Å². The minimum absolute atomic E-state index is 1.16. The lowest BCUT2D eigenvalue weighted by molar-refractivity contribution is 0.664. The van der Waals surface area contributed by atoms with Crippen molar-refractivity contribution in [2.24, 2.45) is 0 Å². The van der Waals surface area contributed by atoms with Gasteiger partial charge in [0.15, 0.2) is 0 Å². The summed E-state index contributed by atoms with van der Waals surface area (Å²) in [4.78, 5) is 0. The molecule has 3 aromatic rings. The third-order valence-electron chi connectivity index (χ3n) is 6.59. The van der Waals surface area contributed by atoms with Crippen LogP contribution in [0.3, 0.4) is 0 Å². The summed E-state index contributed by atoms with van der Waals surface area (Å²) in [6, 6.07) is 23.2. The van der Waals surface area contributed by atoms with Crippen LogP contribution in [-0.4, -0.2) is 0 Å². The van der Waals surface area contributed by atoms with Gasteiger partial charge < -0.3 is 0 Å². The molecular formula is C32H42. The fourth-order valence-corrected chi connectivity index (χ4v) is 4.75. The Morgan fingerprint density at radius 1 is 0.500 bits per heavy atom. The van der Waals surface area contributed by atoms with E-state index in [1.807, 2.05) is 0 Å². The molecule has 0 saturated heterocycles. The van der Waals surface area contributed by atoms with Crippen molar-refractivity contribution in [2.75, 3.05) is 0 Å². The van der Waals surface area contributed by atoms with Gasteiger partial charge in [-0.3, -0.25) is 0 Å². The predicted octanol–water partition coefficient (Wildman–Crippen LogP) is 9.88. The highest BCUT2D eigenvalue weighted by atomic mass is 14.2. The smallest absolute Gasteiger partial charge is 0.0149 e. The van der Waals surface area contributed by atoms with Gasteiger partial charge in [-0.1, -0.05) is 124 Å². The molecule has 0 bridgehead atoms. The number of benzene rings is 3. The van der Waals surface area contributed by atoms with Crippen LogP contribution >= 0.6 is 0 Å². The maximum Gasteiger partial charge on any atom is -0.0149 e. The zero-order valence-corrected chi connectivity index (χ0v) is 20.8. The van der Waals surface area contributed by atoms with Gasteiger partial charge >= 0.3 is 0 Å². The summed E-state index contributed by atoms with van der Waals surface area (Å²) in [6.07, 6.45) is 12.8. The maximum atomic E-state index is 2.54. The Hall–Kier alpha value is -2.34. The summed E-state index contributed by atoms with van der Waals surface area (Å²) >= 11 is 0. The van der Waals surface area contributed by atoms with Crippen LogP contribution in [0.4, 0.5) is 0 Å². The number of hydrogen-bond donors (Lipinski definition) is 0. The Labute approximate surface area is 197 Å². The second kappa shape index (κ2) is 12.6. The van der Waals surface area contributed by atoms with Crippen LogP contribution in [0.15, 0.2) is 60.7 Å². The molecule has 0 atom stereocenters. The first-order chi connectivity index (χ1) is 15.6. The first-order valence-electron chi connectivity index (χ1n) is 12.9. The lowest BCUT2D eigenvalue weighted by Gasteiger charge is -2.18. The van der Waals surface area contributed by atoms with Gasteiger partial charge in [-0.15, -0.1) is 0 Å². The van der Waals surface area contributed by atoms with Gasteiger partial charge in [-0.05, 0) is 72.9 Å². The van der Waals surface area contributed by atoms with Crippen molar-refractivity contribution in [2.45, 2.75) is 91.9 Å². The summed E-state index contributed by atoms with van der Waals surface area (Å²) in [5, 5.41) is 0. The second-order valence-electron chi connectivity index (χ2n) is 9.53. The molecule has 0 aliphatic carbocycles. The van der Waals surface area contributed by atoms with Crippen molar-refractivity contribution in [3.05, 3.63) is 82.9 Å². The Balaban J connectivity index is 2.06. The summed E-state index contributed by atoms with van der Waals surface area (Å²) in [6.45, 7) is 9.00. The van der Waals surface area contributed by atoms with E-state index >= 15 is 0 Å². The molecule has 0 N–H and O–H groups in total. The van der Waals surface area contributed by atoms with Gasteiger partial charge in [0, 0.05) is 0 Å². The highest BCUT2D eigenvalue weighted by Crippen LogP contribution is 2.35. The van der Waals surface area contributed by atoms with E-state index < -0.39 is 0 Å². The molecule has 0 nitrogen and oxygen atoms in total. The summed E-state index contributed by atoms with van der Waals surface area (Å²) in [7, 11) is 0.